The van der Waals surface area contributed by atoms with Gasteiger partial charge in [0.05, 0.1) is 18.8 Å². The van der Waals surface area contributed by atoms with E-state index in [0.717, 1.165) is 11.3 Å². The third kappa shape index (κ3) is 7.65. The second kappa shape index (κ2) is 13.0. The van der Waals surface area contributed by atoms with E-state index < -0.39 is 6.09 Å². The van der Waals surface area contributed by atoms with E-state index in [9.17, 15) is 9.59 Å². The maximum absolute atomic E-state index is 13.0. The summed E-state index contributed by atoms with van der Waals surface area (Å²) < 4.78 is 6.15. The van der Waals surface area contributed by atoms with Gasteiger partial charge in [0.2, 0.25) is 5.91 Å². The molecule has 0 aliphatic heterocycles. The van der Waals surface area contributed by atoms with E-state index in [1.807, 2.05) is 42.5 Å². The first-order chi connectivity index (χ1) is 18.5. The number of amides is 2. The number of halogens is 1. The summed E-state index contributed by atoms with van der Waals surface area (Å²) in [6, 6.07) is 22.2. The lowest BCUT2D eigenvalue weighted by Crippen LogP contribution is -2.40. The third-order valence-electron chi connectivity index (χ3n) is 5.52. The number of hydrogen-bond donors (Lipinski definition) is 3. The van der Waals surface area contributed by atoms with Crippen LogP contribution in [0.25, 0.3) is 11.8 Å². The van der Waals surface area contributed by atoms with Crippen LogP contribution in [-0.4, -0.2) is 51.9 Å². The van der Waals surface area contributed by atoms with E-state index in [1.165, 1.54) is 24.2 Å². The quantitative estimate of drug-likeness (QED) is 0.260. The van der Waals surface area contributed by atoms with E-state index in [2.05, 4.69) is 36.2 Å². The van der Waals surface area contributed by atoms with Gasteiger partial charge in [-0.05, 0) is 64.9 Å². The van der Waals surface area contributed by atoms with Crippen molar-refractivity contribution in [2.75, 3.05) is 24.3 Å². The Hall–Kier alpha value is -4.70. The zero-order valence-corrected chi connectivity index (χ0v) is 21.3. The van der Waals surface area contributed by atoms with Gasteiger partial charge in [-0.25, -0.2) is 4.79 Å². The molecule has 194 valence electrons. The predicted octanol–water partition coefficient (Wildman–Crippen LogP) is 4.35. The number of benzene rings is 3. The highest BCUT2D eigenvalue weighted by Gasteiger charge is 2.13. The van der Waals surface area contributed by atoms with Crippen LogP contribution < -0.4 is 16.0 Å². The summed E-state index contributed by atoms with van der Waals surface area (Å²) >= 11 is 6.18. The van der Waals surface area contributed by atoms with Crippen LogP contribution >= 0.6 is 11.6 Å². The molecule has 10 nitrogen and oxygen atoms in total. The number of aromatic nitrogens is 4. The Balaban J connectivity index is 1.46. The first kappa shape index (κ1) is 26.4. The van der Waals surface area contributed by atoms with Crippen LogP contribution in [0.1, 0.15) is 11.1 Å². The zero-order chi connectivity index (χ0) is 26.7. The van der Waals surface area contributed by atoms with Gasteiger partial charge in [0.25, 0.3) is 0 Å². The minimum absolute atomic E-state index is 0.231. The summed E-state index contributed by atoms with van der Waals surface area (Å²) in [5.74, 6) is -0.267. The molecule has 2 amide bonds. The van der Waals surface area contributed by atoms with Crippen LogP contribution in [0, 0.1) is 0 Å². The largest absolute Gasteiger partial charge is 0.453 e. The van der Waals surface area contributed by atoms with Crippen molar-refractivity contribution in [1.29, 1.82) is 0 Å². The molecule has 0 bridgehead atoms. The van der Waals surface area contributed by atoms with Crippen LogP contribution in [0.5, 0.6) is 0 Å². The van der Waals surface area contributed by atoms with Gasteiger partial charge in [0.1, 0.15) is 6.33 Å². The lowest BCUT2D eigenvalue weighted by Gasteiger charge is -2.20. The normalized spacial score (nSPS) is 11.6. The van der Waals surface area contributed by atoms with Crippen molar-refractivity contribution in [3.8, 4) is 5.69 Å². The smallest absolute Gasteiger partial charge is 0.411 e. The molecule has 0 radical (unpaired) electrons. The van der Waals surface area contributed by atoms with Crippen molar-refractivity contribution in [2.45, 2.75) is 12.5 Å². The van der Waals surface area contributed by atoms with Crippen LogP contribution in [0.3, 0.4) is 0 Å². The molecule has 11 heteroatoms. The molecule has 3 N–H and O–H groups in total. The summed E-state index contributed by atoms with van der Waals surface area (Å²) in [5.41, 5.74) is 3.83. The van der Waals surface area contributed by atoms with Crippen LogP contribution in [0.15, 0.2) is 85.2 Å². The minimum Gasteiger partial charge on any atom is -0.453 e. The lowest BCUT2D eigenvalue weighted by atomic mass is 10.1. The molecule has 4 rings (SSSR count). The Morgan fingerprint density at radius 3 is 2.63 bits per heavy atom. The highest BCUT2D eigenvalue weighted by Crippen LogP contribution is 2.20. The molecular formula is C27H26ClN7O3. The van der Waals surface area contributed by atoms with Crippen molar-refractivity contribution >= 4 is 41.1 Å². The van der Waals surface area contributed by atoms with Crippen LogP contribution in [-0.2, 0) is 16.0 Å². The highest BCUT2D eigenvalue weighted by atomic mass is 35.5. The minimum atomic E-state index is -0.550. The molecule has 0 fully saturated rings. The summed E-state index contributed by atoms with van der Waals surface area (Å²) in [5, 5.41) is 20.8. The average Bonchev–Trinajstić information content (AvgIpc) is 3.46. The van der Waals surface area contributed by atoms with Gasteiger partial charge in [0.15, 0.2) is 0 Å². The highest BCUT2D eigenvalue weighted by molar-refractivity contribution is 6.30. The number of anilines is 2. The Labute approximate surface area is 224 Å². The maximum Gasteiger partial charge on any atom is 0.411 e. The molecule has 3 aromatic carbocycles. The number of carbonyl (C=O) groups excluding carboxylic acids is 2. The number of carbonyl (C=O) groups is 2. The average molecular weight is 532 g/mol. The van der Waals surface area contributed by atoms with Gasteiger partial charge in [-0.2, -0.15) is 4.68 Å². The van der Waals surface area contributed by atoms with Crippen molar-refractivity contribution in [1.82, 2.24) is 25.5 Å². The topological polar surface area (TPSA) is 123 Å². The van der Waals surface area contributed by atoms with Gasteiger partial charge in [0, 0.05) is 34.6 Å². The fourth-order valence-electron chi connectivity index (χ4n) is 3.74. The SMILES string of the molecule is COC(=O)Nc1cccc(NC[C@H](Cc2ccccc2)NC(=O)/C=C/c2cc(Cl)ccc2-n2cnnn2)c1. The second-order valence-electron chi connectivity index (χ2n) is 8.26. The molecule has 1 aromatic heterocycles. The summed E-state index contributed by atoms with van der Waals surface area (Å²) in [6.45, 7) is 0.448. The zero-order valence-electron chi connectivity index (χ0n) is 20.5. The first-order valence-electron chi connectivity index (χ1n) is 11.7. The van der Waals surface area contributed by atoms with Crippen LogP contribution in [0.4, 0.5) is 16.2 Å². The number of nitrogens with one attached hydrogen (secondary N) is 3. The fraction of sp³-hybridized carbons (Fsp3) is 0.148. The Kier molecular flexibility index (Phi) is 9.03. The number of rotatable bonds is 10. The van der Waals surface area contributed by atoms with Crippen LogP contribution in [0.2, 0.25) is 5.02 Å². The van der Waals surface area contributed by atoms with E-state index in [-0.39, 0.29) is 11.9 Å². The van der Waals surface area contributed by atoms with Crippen molar-refractivity contribution in [3.63, 3.8) is 0 Å². The third-order valence-corrected chi connectivity index (χ3v) is 5.75. The van der Waals surface area contributed by atoms with E-state index >= 15 is 0 Å². The molecule has 0 saturated heterocycles. The van der Waals surface area contributed by atoms with Gasteiger partial charge in [-0.3, -0.25) is 10.1 Å². The first-order valence-corrected chi connectivity index (χ1v) is 12.1. The molecule has 0 saturated carbocycles. The van der Waals surface area contributed by atoms with E-state index in [4.69, 9.17) is 11.6 Å². The lowest BCUT2D eigenvalue weighted by molar-refractivity contribution is -0.117. The summed E-state index contributed by atoms with van der Waals surface area (Å²) in [4.78, 5) is 24.5. The molecule has 0 aliphatic carbocycles. The molecule has 0 spiro atoms. The van der Waals surface area contributed by atoms with Gasteiger partial charge in [-0.15, -0.1) is 5.10 Å². The Morgan fingerprint density at radius 1 is 1.05 bits per heavy atom. The molecule has 4 aromatic rings. The Morgan fingerprint density at radius 2 is 1.87 bits per heavy atom. The monoisotopic (exact) mass is 531 g/mol. The molecule has 1 atom stereocenters. The standard InChI is InChI=1S/C27H26ClN7O3/c1-38-27(37)32-23-9-5-8-22(16-23)29-17-24(14-19-6-3-2-4-7-19)31-26(36)13-10-20-15-21(28)11-12-25(20)35-18-30-33-34-35/h2-13,15-16,18,24,29H,14,17H2,1H3,(H,31,36)(H,32,37)/b13-10+/t24-/m0/s1. The molecule has 0 aliphatic rings. The van der Waals surface area contributed by atoms with Gasteiger partial charge >= 0.3 is 6.09 Å². The summed E-state index contributed by atoms with van der Waals surface area (Å²) in [7, 11) is 1.31. The number of nitrogens with zero attached hydrogens (tertiary/aromatic N) is 4. The molecule has 38 heavy (non-hydrogen) atoms. The second-order valence-corrected chi connectivity index (χ2v) is 8.70. The number of hydrogen-bond acceptors (Lipinski definition) is 7. The van der Waals surface area contributed by atoms with Gasteiger partial charge < -0.3 is 15.4 Å². The van der Waals surface area contributed by atoms with Crippen molar-refractivity contribution < 1.29 is 14.3 Å². The fourth-order valence-corrected chi connectivity index (χ4v) is 3.92. The van der Waals surface area contributed by atoms with Crippen molar-refractivity contribution in [3.05, 3.63) is 101 Å². The molecule has 1 heterocycles. The number of tetrazole rings is 1. The number of ether oxygens (including phenoxy) is 1. The molecule has 0 unspecified atom stereocenters. The molecular weight excluding hydrogens is 506 g/mol. The Bertz CT molecular complexity index is 1400. The summed E-state index contributed by atoms with van der Waals surface area (Å²) in [6.07, 6.45) is 4.66. The van der Waals surface area contributed by atoms with E-state index in [0.29, 0.717) is 34.9 Å². The van der Waals surface area contributed by atoms with Crippen molar-refractivity contribution in [2.24, 2.45) is 0 Å². The predicted molar refractivity (Wildman–Crippen MR) is 146 cm³/mol. The van der Waals surface area contributed by atoms with Gasteiger partial charge in [-0.1, -0.05) is 48.0 Å². The number of methoxy groups -OCH3 is 1. The maximum atomic E-state index is 13.0. The van der Waals surface area contributed by atoms with E-state index in [1.54, 1.807) is 36.4 Å².